The molecule has 0 aliphatic rings. The summed E-state index contributed by atoms with van der Waals surface area (Å²) in [6.45, 7) is 17.4. The quantitative estimate of drug-likeness (QED) is 0.423. The van der Waals surface area contributed by atoms with Gasteiger partial charge in [-0.05, 0) is 73.9 Å². The Hall–Kier alpha value is -2.15. The lowest BCUT2D eigenvalue weighted by Gasteiger charge is -2.16. The molecule has 0 bridgehead atoms. The average Bonchev–Trinajstić information content (AvgIpc) is 2.55. The summed E-state index contributed by atoms with van der Waals surface area (Å²) >= 11 is 0. The van der Waals surface area contributed by atoms with Gasteiger partial charge in [0.15, 0.2) is 5.69 Å². The van der Waals surface area contributed by atoms with Crippen molar-refractivity contribution in [3.05, 3.63) is 57.8 Å². The number of pyridine rings is 1. The zero-order valence-corrected chi connectivity index (χ0v) is 15.4. The fourth-order valence-electron chi connectivity index (χ4n) is 3.95. The van der Waals surface area contributed by atoms with Gasteiger partial charge >= 0.3 is 0 Å². The smallest absolute Gasteiger partial charge is 0.197 e. The van der Waals surface area contributed by atoms with Gasteiger partial charge in [0.2, 0.25) is 5.52 Å². The molecule has 1 aromatic heterocycles. The summed E-state index contributed by atoms with van der Waals surface area (Å²) in [5.41, 5.74) is 10.8. The van der Waals surface area contributed by atoms with Crippen molar-refractivity contribution in [3.63, 3.8) is 0 Å². The van der Waals surface area contributed by atoms with Crippen LogP contribution in [-0.4, -0.2) is 0 Å². The number of hydrogen-bond acceptors (Lipinski definition) is 0. The summed E-state index contributed by atoms with van der Waals surface area (Å²) in [6, 6.07) is 4.57. The molecule has 3 aromatic rings. The Labute approximate surface area is 139 Å². The van der Waals surface area contributed by atoms with E-state index in [1.54, 1.807) is 0 Å². The summed E-state index contributed by atoms with van der Waals surface area (Å²) in [6.07, 6.45) is 1.98. The molecular formula is C22H26N+. The van der Waals surface area contributed by atoms with Crippen LogP contribution in [0.5, 0.6) is 0 Å². The highest BCUT2D eigenvalue weighted by Crippen LogP contribution is 2.35. The highest BCUT2D eigenvalue weighted by Gasteiger charge is 2.22. The van der Waals surface area contributed by atoms with E-state index < -0.39 is 0 Å². The molecule has 3 rings (SSSR count). The van der Waals surface area contributed by atoms with Crippen molar-refractivity contribution in [2.45, 2.75) is 41.5 Å². The van der Waals surface area contributed by atoms with Crippen LogP contribution in [-0.2, 0) is 7.05 Å². The van der Waals surface area contributed by atoms with E-state index in [4.69, 9.17) is 0 Å². The number of fused-ring (bicyclic) bond motifs is 3. The molecule has 0 atom stereocenters. The Morgan fingerprint density at radius 3 is 1.96 bits per heavy atom. The van der Waals surface area contributed by atoms with E-state index in [1.807, 2.05) is 6.08 Å². The van der Waals surface area contributed by atoms with E-state index in [-0.39, 0.29) is 0 Å². The van der Waals surface area contributed by atoms with Crippen molar-refractivity contribution in [2.24, 2.45) is 7.05 Å². The number of aromatic nitrogens is 1. The van der Waals surface area contributed by atoms with E-state index in [9.17, 15) is 0 Å². The van der Waals surface area contributed by atoms with Crippen LogP contribution in [0.25, 0.3) is 27.8 Å². The van der Waals surface area contributed by atoms with Gasteiger partial charge in [-0.2, -0.15) is 4.57 Å². The van der Waals surface area contributed by atoms with Crippen molar-refractivity contribution in [1.29, 1.82) is 0 Å². The fraction of sp³-hybridized carbons (Fsp3) is 0.318. The minimum absolute atomic E-state index is 1.25. The monoisotopic (exact) mass is 304 g/mol. The van der Waals surface area contributed by atoms with E-state index in [0.717, 1.165) is 0 Å². The molecule has 0 unspecified atom stereocenters. The predicted molar refractivity (Wildman–Crippen MR) is 101 cm³/mol. The van der Waals surface area contributed by atoms with Crippen LogP contribution >= 0.6 is 0 Å². The summed E-state index contributed by atoms with van der Waals surface area (Å²) in [7, 11) is 2.17. The molecule has 0 aliphatic heterocycles. The maximum absolute atomic E-state index is 4.01. The van der Waals surface area contributed by atoms with Gasteiger partial charge in [-0.3, -0.25) is 0 Å². The highest BCUT2D eigenvalue weighted by atomic mass is 14.9. The first-order chi connectivity index (χ1) is 10.8. The minimum atomic E-state index is 1.25. The molecule has 23 heavy (non-hydrogen) atoms. The first-order valence-electron chi connectivity index (χ1n) is 8.25. The summed E-state index contributed by atoms with van der Waals surface area (Å²) in [5, 5.41) is 4.09. The van der Waals surface area contributed by atoms with E-state index >= 15 is 0 Å². The molecule has 0 fully saturated rings. The Kier molecular flexibility index (Phi) is 3.55. The predicted octanol–water partition coefficient (Wildman–Crippen LogP) is 5.31. The minimum Gasteiger partial charge on any atom is -0.197 e. The number of aryl methyl sites for hydroxylation is 4. The molecule has 1 heterocycles. The molecule has 118 valence electrons. The first kappa shape index (κ1) is 15.7. The lowest BCUT2D eigenvalue weighted by atomic mass is 9.89. The average molecular weight is 304 g/mol. The molecule has 1 heteroatoms. The van der Waals surface area contributed by atoms with Gasteiger partial charge in [0.05, 0.1) is 10.8 Å². The molecule has 0 radical (unpaired) electrons. The Balaban J connectivity index is 2.73. The lowest BCUT2D eigenvalue weighted by molar-refractivity contribution is -0.650. The van der Waals surface area contributed by atoms with Gasteiger partial charge < -0.3 is 0 Å². The van der Waals surface area contributed by atoms with Crippen LogP contribution in [0.3, 0.4) is 0 Å². The largest absolute Gasteiger partial charge is 0.220 e. The highest BCUT2D eigenvalue weighted by molar-refractivity contribution is 6.08. The first-order valence-corrected chi connectivity index (χ1v) is 8.25. The zero-order chi connectivity index (χ0) is 17.0. The third-order valence-corrected chi connectivity index (χ3v) is 5.88. The van der Waals surface area contributed by atoms with Gasteiger partial charge in [-0.1, -0.05) is 18.7 Å². The Bertz CT molecular complexity index is 991. The standard InChI is InChI=1S/C22H26N/c1-9-18-16(6)20-11-10-19-14(4)12(2)13(3)15(5)21(19)22(20)23(8)17(18)7/h9-11H,1H2,2-8H3/q+1. The molecular weight excluding hydrogens is 278 g/mol. The SMILES string of the molecule is C=Cc1c(C)c2ccc3c(C)c(C)c(C)c(C)c3c2[n+](C)c1C. The van der Waals surface area contributed by atoms with Crippen LogP contribution < -0.4 is 4.57 Å². The number of nitrogens with zero attached hydrogens (tertiary/aromatic N) is 1. The van der Waals surface area contributed by atoms with E-state index in [1.165, 1.54) is 60.8 Å². The molecule has 0 amide bonds. The Morgan fingerprint density at radius 1 is 0.783 bits per heavy atom. The van der Waals surface area contributed by atoms with Gasteiger partial charge in [-0.25, -0.2) is 0 Å². The molecule has 2 aromatic carbocycles. The second kappa shape index (κ2) is 5.19. The zero-order valence-electron chi connectivity index (χ0n) is 15.4. The maximum atomic E-state index is 4.01. The number of hydrogen-bond donors (Lipinski definition) is 0. The van der Waals surface area contributed by atoms with Gasteiger partial charge in [0.25, 0.3) is 0 Å². The molecule has 0 spiro atoms. The summed E-state index contributed by atoms with van der Waals surface area (Å²) < 4.78 is 2.34. The van der Waals surface area contributed by atoms with E-state index in [0.29, 0.717) is 0 Å². The third-order valence-electron chi connectivity index (χ3n) is 5.88. The van der Waals surface area contributed by atoms with Crippen molar-refractivity contribution in [2.75, 3.05) is 0 Å². The van der Waals surface area contributed by atoms with Crippen LogP contribution in [0, 0.1) is 41.5 Å². The summed E-state index contributed by atoms with van der Waals surface area (Å²) in [5.74, 6) is 0. The van der Waals surface area contributed by atoms with Crippen LogP contribution in [0.15, 0.2) is 18.7 Å². The second-order valence-corrected chi connectivity index (χ2v) is 6.77. The normalized spacial score (nSPS) is 11.4. The van der Waals surface area contributed by atoms with Crippen LogP contribution in [0.1, 0.15) is 39.1 Å². The molecule has 0 saturated heterocycles. The van der Waals surface area contributed by atoms with Gasteiger partial charge in [0.1, 0.15) is 7.05 Å². The summed E-state index contributed by atoms with van der Waals surface area (Å²) in [4.78, 5) is 0. The topological polar surface area (TPSA) is 3.88 Å². The molecule has 1 nitrogen and oxygen atoms in total. The number of benzene rings is 2. The van der Waals surface area contributed by atoms with Crippen molar-refractivity contribution in [1.82, 2.24) is 0 Å². The third kappa shape index (κ3) is 1.96. The van der Waals surface area contributed by atoms with Crippen LogP contribution in [0.2, 0.25) is 0 Å². The van der Waals surface area contributed by atoms with Gasteiger partial charge in [-0.15, -0.1) is 0 Å². The second-order valence-electron chi connectivity index (χ2n) is 6.77. The lowest BCUT2D eigenvalue weighted by Crippen LogP contribution is -2.34. The molecule has 0 aliphatic carbocycles. The van der Waals surface area contributed by atoms with Crippen molar-refractivity contribution >= 4 is 27.8 Å². The van der Waals surface area contributed by atoms with Gasteiger partial charge in [0, 0.05) is 12.5 Å². The Morgan fingerprint density at radius 2 is 1.35 bits per heavy atom. The fourth-order valence-corrected chi connectivity index (χ4v) is 3.95. The number of rotatable bonds is 1. The van der Waals surface area contributed by atoms with Crippen molar-refractivity contribution < 1.29 is 4.57 Å². The van der Waals surface area contributed by atoms with Crippen molar-refractivity contribution in [3.8, 4) is 0 Å². The molecule has 0 N–H and O–H groups in total. The van der Waals surface area contributed by atoms with E-state index in [2.05, 4.69) is 71.9 Å². The maximum Gasteiger partial charge on any atom is 0.220 e. The molecule has 0 saturated carbocycles. The van der Waals surface area contributed by atoms with Crippen LogP contribution in [0.4, 0.5) is 0 Å².